The summed E-state index contributed by atoms with van der Waals surface area (Å²) in [6.07, 6.45) is 6.04. The molecule has 1 fully saturated rings. The number of aliphatic hydroxyl groups is 1. The van der Waals surface area contributed by atoms with E-state index < -0.39 is 59.7 Å². The van der Waals surface area contributed by atoms with Crippen molar-refractivity contribution in [3.63, 3.8) is 0 Å². The van der Waals surface area contributed by atoms with Gasteiger partial charge in [-0.1, -0.05) is 96.6 Å². The first-order chi connectivity index (χ1) is 25.1. The predicted molar refractivity (Wildman–Crippen MR) is 205 cm³/mol. The van der Waals surface area contributed by atoms with E-state index >= 15 is 0 Å². The molecule has 0 saturated heterocycles. The number of amides is 5. The summed E-state index contributed by atoms with van der Waals surface area (Å²) in [5.74, 6) is -1.62. The molecule has 0 aliphatic heterocycles. The highest BCUT2D eigenvalue weighted by Crippen LogP contribution is 2.29. The molecule has 13 heteroatoms. The Bertz CT molecular complexity index is 1270. The van der Waals surface area contributed by atoms with Gasteiger partial charge in [0.05, 0.1) is 12.1 Å². The number of benzene rings is 1. The van der Waals surface area contributed by atoms with Crippen LogP contribution in [0.3, 0.4) is 0 Å². The van der Waals surface area contributed by atoms with Gasteiger partial charge in [-0.15, -0.1) is 0 Å². The lowest BCUT2D eigenvalue weighted by Gasteiger charge is -2.33. The molecule has 0 heterocycles. The number of ether oxygens (including phenoxy) is 2. The first-order valence-electron chi connectivity index (χ1n) is 19.6. The third kappa shape index (κ3) is 18.6. The van der Waals surface area contributed by atoms with E-state index in [1.165, 1.54) is 6.42 Å². The Morgan fingerprint density at radius 3 is 2.11 bits per heavy atom. The topological polar surface area (TPSA) is 184 Å². The number of nitrogens with one attached hydrogen (secondary N) is 5. The summed E-state index contributed by atoms with van der Waals surface area (Å²) >= 11 is 0. The summed E-state index contributed by atoms with van der Waals surface area (Å²) in [6, 6.07) is 6.60. The second kappa shape index (κ2) is 23.7. The highest BCUT2D eigenvalue weighted by atomic mass is 16.6. The van der Waals surface area contributed by atoms with Gasteiger partial charge < -0.3 is 41.2 Å². The molecule has 1 saturated carbocycles. The second-order valence-electron chi connectivity index (χ2n) is 15.8. The zero-order valence-electron chi connectivity index (χ0n) is 33.1. The number of unbranched alkanes of at least 4 members (excludes halogenated alkanes) is 1. The van der Waals surface area contributed by atoms with Gasteiger partial charge in [0.2, 0.25) is 17.7 Å². The SMILES string of the molecule is CCCCNC(=O)[C@H](C)C[C@H](O)[C@H](CC1CCCCC1)NC(=O)[C@@H](NC(=O)[C@H](CCCNC(=O)OCc1ccccc1)NC(=O)OC(C)(C)C)C(C)C. The quantitative estimate of drug-likeness (QED) is 0.0894. The van der Waals surface area contributed by atoms with Crippen LogP contribution < -0.4 is 26.6 Å². The summed E-state index contributed by atoms with van der Waals surface area (Å²) in [5.41, 5.74) is 0.0384. The van der Waals surface area contributed by atoms with Crippen LogP contribution in [0.1, 0.15) is 125 Å². The van der Waals surface area contributed by atoms with Crippen molar-refractivity contribution >= 4 is 29.9 Å². The average molecular weight is 746 g/mol. The first-order valence-corrected chi connectivity index (χ1v) is 19.6. The van der Waals surface area contributed by atoms with E-state index in [0.717, 1.165) is 44.1 Å². The maximum absolute atomic E-state index is 13.9. The number of hydrogen-bond donors (Lipinski definition) is 6. The Hall–Kier alpha value is -3.87. The molecular formula is C40H67N5O8. The standard InChI is InChI=1S/C40H67N5O8/c1-8-9-22-41-35(47)28(4)24-33(46)32(25-29-17-12-10-13-18-29)43-37(49)34(27(2)3)45-36(48)31(44-39(51)53-40(5,6)7)21-16-23-42-38(50)52-26-30-19-14-11-15-20-30/h11,14-15,19-20,27-29,31-34,46H,8-10,12-13,16-18,21-26H2,1-7H3,(H,41,47)(H,42,50)(H,43,49)(H,44,51)(H,45,48)/t28-,31+,32+,33+,34+/m1/s1. The van der Waals surface area contributed by atoms with Crippen LogP contribution in [0.25, 0.3) is 0 Å². The first kappa shape index (κ1) is 45.3. The largest absolute Gasteiger partial charge is 0.445 e. The highest BCUT2D eigenvalue weighted by molar-refractivity contribution is 5.91. The monoisotopic (exact) mass is 745 g/mol. The van der Waals surface area contributed by atoms with Crippen LogP contribution >= 0.6 is 0 Å². The number of carbonyl (C=O) groups is 5. The van der Waals surface area contributed by atoms with Crippen LogP contribution in [0.2, 0.25) is 0 Å². The summed E-state index contributed by atoms with van der Waals surface area (Å²) < 4.78 is 10.7. The smallest absolute Gasteiger partial charge is 0.408 e. The predicted octanol–water partition coefficient (Wildman–Crippen LogP) is 5.49. The van der Waals surface area contributed by atoms with E-state index in [0.29, 0.717) is 25.3 Å². The van der Waals surface area contributed by atoms with Gasteiger partial charge in [0, 0.05) is 19.0 Å². The van der Waals surface area contributed by atoms with Gasteiger partial charge in [0.15, 0.2) is 0 Å². The third-order valence-corrected chi connectivity index (χ3v) is 9.38. The summed E-state index contributed by atoms with van der Waals surface area (Å²) in [4.78, 5) is 65.4. The number of rotatable bonds is 21. The molecule has 1 aliphatic carbocycles. The zero-order valence-corrected chi connectivity index (χ0v) is 33.1. The average Bonchev–Trinajstić information content (AvgIpc) is 3.10. The van der Waals surface area contributed by atoms with Gasteiger partial charge in [0.25, 0.3) is 0 Å². The number of hydrogen-bond acceptors (Lipinski definition) is 8. The molecule has 1 aliphatic rings. The van der Waals surface area contributed by atoms with E-state index in [1.807, 2.05) is 30.3 Å². The van der Waals surface area contributed by atoms with E-state index in [2.05, 4.69) is 33.5 Å². The van der Waals surface area contributed by atoms with Crippen LogP contribution in [0.4, 0.5) is 9.59 Å². The minimum atomic E-state index is -1.07. The summed E-state index contributed by atoms with van der Waals surface area (Å²) in [6.45, 7) is 13.4. The highest BCUT2D eigenvalue weighted by Gasteiger charge is 2.34. The molecule has 0 radical (unpaired) electrons. The van der Waals surface area contributed by atoms with Crippen molar-refractivity contribution in [1.82, 2.24) is 26.6 Å². The molecule has 0 unspecified atom stereocenters. The molecule has 5 atom stereocenters. The molecule has 6 N–H and O–H groups in total. The second-order valence-corrected chi connectivity index (χ2v) is 15.8. The van der Waals surface area contributed by atoms with Crippen molar-refractivity contribution in [2.45, 2.75) is 156 Å². The molecular weight excluding hydrogens is 678 g/mol. The molecule has 1 aromatic rings. The molecule has 1 aromatic carbocycles. The maximum atomic E-state index is 13.9. The summed E-state index contributed by atoms with van der Waals surface area (Å²) in [7, 11) is 0. The normalized spacial score (nSPS) is 16.3. The van der Waals surface area contributed by atoms with Crippen LogP contribution in [0.15, 0.2) is 30.3 Å². The third-order valence-electron chi connectivity index (χ3n) is 9.38. The Balaban J connectivity index is 2.11. The van der Waals surface area contributed by atoms with Crippen molar-refractivity contribution in [2.24, 2.45) is 17.8 Å². The lowest BCUT2D eigenvalue weighted by Crippen LogP contribution is -2.58. The molecule has 0 bridgehead atoms. The van der Waals surface area contributed by atoms with Crippen molar-refractivity contribution in [2.75, 3.05) is 13.1 Å². The van der Waals surface area contributed by atoms with Gasteiger partial charge >= 0.3 is 12.2 Å². The van der Waals surface area contributed by atoms with Crippen LogP contribution in [-0.2, 0) is 30.5 Å². The molecule has 0 spiro atoms. The van der Waals surface area contributed by atoms with Gasteiger partial charge in [-0.3, -0.25) is 14.4 Å². The molecule has 300 valence electrons. The van der Waals surface area contributed by atoms with Crippen LogP contribution in [0.5, 0.6) is 0 Å². The Morgan fingerprint density at radius 2 is 1.49 bits per heavy atom. The minimum Gasteiger partial charge on any atom is -0.445 e. The number of alkyl carbamates (subject to hydrolysis) is 2. The Labute approximate surface area is 316 Å². The van der Waals surface area contributed by atoms with Crippen molar-refractivity contribution in [1.29, 1.82) is 0 Å². The fraction of sp³-hybridized carbons (Fsp3) is 0.725. The Kier molecular flexibility index (Phi) is 20.3. The molecule has 0 aromatic heterocycles. The van der Waals surface area contributed by atoms with Gasteiger partial charge in [0.1, 0.15) is 24.3 Å². The van der Waals surface area contributed by atoms with Gasteiger partial charge in [-0.2, -0.15) is 0 Å². The zero-order chi connectivity index (χ0) is 39.4. The van der Waals surface area contributed by atoms with E-state index in [1.54, 1.807) is 41.5 Å². The lowest BCUT2D eigenvalue weighted by molar-refractivity contribution is -0.132. The van der Waals surface area contributed by atoms with Crippen molar-refractivity contribution in [3.8, 4) is 0 Å². The Morgan fingerprint density at radius 1 is 0.830 bits per heavy atom. The van der Waals surface area contributed by atoms with E-state index in [9.17, 15) is 29.1 Å². The summed E-state index contributed by atoms with van der Waals surface area (Å²) in [5, 5.41) is 25.5. The van der Waals surface area contributed by atoms with Gasteiger partial charge in [-0.05, 0) is 70.3 Å². The van der Waals surface area contributed by atoms with Gasteiger partial charge in [-0.25, -0.2) is 9.59 Å². The maximum Gasteiger partial charge on any atom is 0.408 e. The number of aliphatic hydroxyl groups excluding tert-OH is 1. The minimum absolute atomic E-state index is 0.114. The van der Waals surface area contributed by atoms with Crippen LogP contribution in [-0.4, -0.2) is 77.9 Å². The lowest BCUT2D eigenvalue weighted by atomic mass is 9.82. The molecule has 5 amide bonds. The molecule has 2 rings (SSSR count). The fourth-order valence-electron chi connectivity index (χ4n) is 6.34. The fourth-order valence-corrected chi connectivity index (χ4v) is 6.34. The van der Waals surface area contributed by atoms with Crippen molar-refractivity contribution in [3.05, 3.63) is 35.9 Å². The number of carbonyl (C=O) groups excluding carboxylic acids is 5. The molecule has 13 nitrogen and oxygen atoms in total. The van der Waals surface area contributed by atoms with E-state index in [4.69, 9.17) is 9.47 Å². The molecule has 53 heavy (non-hydrogen) atoms. The van der Waals surface area contributed by atoms with E-state index in [-0.39, 0.29) is 37.8 Å². The van der Waals surface area contributed by atoms with Crippen LogP contribution in [0, 0.1) is 17.8 Å². The van der Waals surface area contributed by atoms with Crippen molar-refractivity contribution < 1.29 is 38.6 Å².